The Kier molecular flexibility index (Phi) is 2.68. The van der Waals surface area contributed by atoms with Crippen molar-refractivity contribution in [3.63, 3.8) is 0 Å². The number of carbonyl (C=O) groups excluding carboxylic acids is 1. The summed E-state index contributed by atoms with van der Waals surface area (Å²) in [6.45, 7) is 8.16. The zero-order valence-corrected chi connectivity index (χ0v) is 9.84. The van der Waals surface area contributed by atoms with Crippen molar-refractivity contribution in [2.24, 2.45) is 5.92 Å². The zero-order valence-electron chi connectivity index (χ0n) is 9.84. The van der Waals surface area contributed by atoms with Crippen molar-refractivity contribution in [2.45, 2.75) is 33.6 Å². The van der Waals surface area contributed by atoms with Gasteiger partial charge in [0.05, 0.1) is 0 Å². The average molecular weight is 205 g/mol. The Balaban J connectivity index is 2.02. The first-order valence-corrected chi connectivity index (χ1v) is 5.85. The van der Waals surface area contributed by atoms with Gasteiger partial charge in [0.2, 0.25) is 5.91 Å². The molecule has 0 aromatic rings. The molecule has 82 valence electrons. The Morgan fingerprint density at radius 2 is 2.27 bits per heavy atom. The van der Waals surface area contributed by atoms with Crippen LogP contribution in [0.5, 0.6) is 0 Å². The summed E-state index contributed by atoms with van der Waals surface area (Å²) in [7, 11) is 0. The van der Waals surface area contributed by atoms with E-state index < -0.39 is 0 Å². The lowest BCUT2D eigenvalue weighted by atomic mass is 9.78. The highest BCUT2D eigenvalue weighted by Crippen LogP contribution is 2.38. The summed E-state index contributed by atoms with van der Waals surface area (Å²) in [5.41, 5.74) is 4.44. The van der Waals surface area contributed by atoms with Crippen molar-refractivity contribution < 1.29 is 4.79 Å². The van der Waals surface area contributed by atoms with Crippen LogP contribution in [0.25, 0.3) is 0 Å². The second-order valence-corrected chi connectivity index (χ2v) is 4.68. The third-order valence-corrected chi connectivity index (χ3v) is 3.34. The van der Waals surface area contributed by atoms with Crippen LogP contribution in [-0.4, -0.2) is 23.9 Å². The molecule has 0 aromatic carbocycles. The Bertz CT molecular complexity index is 350. The smallest absolute Gasteiger partial charge is 0.222 e. The van der Waals surface area contributed by atoms with Gasteiger partial charge in [0.25, 0.3) is 0 Å². The number of nitrogens with zero attached hydrogens (tertiary/aromatic N) is 1. The molecule has 0 spiro atoms. The fraction of sp³-hybridized carbons (Fsp3) is 0.615. The molecule has 2 rings (SSSR count). The standard InChI is InChI=1S/C13H19NO/c1-4-13(15)14-6-5-11-10(8-14)7-12(11)9(2)3/h7,9H,4-6,8H2,1-3H3. The normalized spacial score (nSPS) is 20.0. The van der Waals surface area contributed by atoms with Crippen LogP contribution in [0.4, 0.5) is 0 Å². The third kappa shape index (κ3) is 1.73. The van der Waals surface area contributed by atoms with Crippen LogP contribution in [0.3, 0.4) is 0 Å². The van der Waals surface area contributed by atoms with E-state index in [1.807, 2.05) is 11.8 Å². The molecule has 0 saturated heterocycles. The molecule has 1 aliphatic heterocycles. The highest BCUT2D eigenvalue weighted by molar-refractivity contribution is 5.77. The van der Waals surface area contributed by atoms with Crippen LogP contribution in [0.2, 0.25) is 0 Å². The minimum atomic E-state index is 0.285. The molecule has 15 heavy (non-hydrogen) atoms. The quantitative estimate of drug-likeness (QED) is 0.678. The summed E-state index contributed by atoms with van der Waals surface area (Å²) in [6.07, 6.45) is 3.96. The number of amides is 1. The van der Waals surface area contributed by atoms with Gasteiger partial charge in [-0.05, 0) is 29.1 Å². The first kappa shape index (κ1) is 10.5. The summed E-state index contributed by atoms with van der Waals surface area (Å²) < 4.78 is 0. The van der Waals surface area contributed by atoms with Gasteiger partial charge in [-0.2, -0.15) is 0 Å². The number of allylic oxidation sites excluding steroid dienone is 1. The molecule has 2 heteroatoms. The van der Waals surface area contributed by atoms with E-state index in [9.17, 15) is 4.79 Å². The molecule has 0 N–H and O–H groups in total. The lowest BCUT2D eigenvalue weighted by molar-refractivity contribution is -0.130. The van der Waals surface area contributed by atoms with Gasteiger partial charge in [-0.3, -0.25) is 4.79 Å². The zero-order chi connectivity index (χ0) is 11.0. The molecule has 1 heterocycles. The molecule has 0 unspecified atom stereocenters. The monoisotopic (exact) mass is 205 g/mol. The van der Waals surface area contributed by atoms with Crippen LogP contribution in [-0.2, 0) is 4.79 Å². The van der Waals surface area contributed by atoms with E-state index in [0.29, 0.717) is 12.3 Å². The third-order valence-electron chi connectivity index (χ3n) is 3.34. The van der Waals surface area contributed by atoms with E-state index in [1.54, 1.807) is 0 Å². The molecule has 1 amide bonds. The molecule has 2 aliphatic rings. The minimum Gasteiger partial charge on any atom is -0.338 e. The van der Waals surface area contributed by atoms with Crippen LogP contribution in [0.15, 0.2) is 22.8 Å². The summed E-state index contributed by atoms with van der Waals surface area (Å²) in [5, 5.41) is 0. The number of rotatable bonds is 2. The van der Waals surface area contributed by atoms with E-state index >= 15 is 0 Å². The minimum absolute atomic E-state index is 0.285. The van der Waals surface area contributed by atoms with Gasteiger partial charge in [-0.15, -0.1) is 0 Å². The molecule has 0 aromatic heterocycles. The van der Waals surface area contributed by atoms with Gasteiger partial charge in [0.15, 0.2) is 0 Å². The molecule has 2 nitrogen and oxygen atoms in total. The van der Waals surface area contributed by atoms with Gasteiger partial charge in [0.1, 0.15) is 0 Å². The molecule has 0 atom stereocenters. The molecule has 1 aliphatic carbocycles. The Morgan fingerprint density at radius 1 is 1.53 bits per heavy atom. The number of hydrogen-bond donors (Lipinski definition) is 0. The molecule has 0 radical (unpaired) electrons. The maximum Gasteiger partial charge on any atom is 0.222 e. The lowest BCUT2D eigenvalue weighted by Gasteiger charge is -2.37. The maximum atomic E-state index is 11.5. The molecular weight excluding hydrogens is 186 g/mol. The van der Waals surface area contributed by atoms with E-state index in [2.05, 4.69) is 19.9 Å². The van der Waals surface area contributed by atoms with Crippen LogP contribution >= 0.6 is 0 Å². The van der Waals surface area contributed by atoms with Gasteiger partial charge >= 0.3 is 0 Å². The van der Waals surface area contributed by atoms with E-state index in [4.69, 9.17) is 0 Å². The van der Waals surface area contributed by atoms with Crippen LogP contribution < -0.4 is 0 Å². The average Bonchev–Trinajstić information content (AvgIpc) is 2.18. The van der Waals surface area contributed by atoms with Gasteiger partial charge in [-0.1, -0.05) is 26.8 Å². The van der Waals surface area contributed by atoms with Crippen molar-refractivity contribution in [3.05, 3.63) is 22.8 Å². The topological polar surface area (TPSA) is 20.3 Å². The van der Waals surface area contributed by atoms with Gasteiger partial charge < -0.3 is 4.90 Å². The molecule has 0 fully saturated rings. The van der Waals surface area contributed by atoms with Crippen molar-refractivity contribution in [1.29, 1.82) is 0 Å². The number of carbonyl (C=O) groups is 1. The number of hydrogen-bond acceptors (Lipinski definition) is 1. The predicted molar refractivity (Wildman–Crippen MR) is 61.4 cm³/mol. The second kappa shape index (κ2) is 3.84. The van der Waals surface area contributed by atoms with Crippen molar-refractivity contribution >= 4 is 5.91 Å². The Labute approximate surface area is 91.6 Å². The van der Waals surface area contributed by atoms with E-state index in [-0.39, 0.29) is 5.91 Å². The summed E-state index contributed by atoms with van der Waals surface area (Å²) in [5.74, 6) is 0.921. The molecule has 0 bridgehead atoms. The first-order valence-electron chi connectivity index (χ1n) is 5.85. The predicted octanol–water partition coefficient (Wildman–Crippen LogP) is 2.52. The largest absolute Gasteiger partial charge is 0.338 e. The first-order chi connectivity index (χ1) is 7.13. The van der Waals surface area contributed by atoms with Crippen molar-refractivity contribution in [2.75, 3.05) is 13.1 Å². The summed E-state index contributed by atoms with van der Waals surface area (Å²) in [4.78, 5) is 13.5. The molecular formula is C13H19NO. The van der Waals surface area contributed by atoms with Gasteiger partial charge in [0, 0.05) is 19.5 Å². The summed E-state index contributed by atoms with van der Waals surface area (Å²) in [6, 6.07) is 0. The van der Waals surface area contributed by atoms with Crippen molar-refractivity contribution in [1.82, 2.24) is 4.90 Å². The van der Waals surface area contributed by atoms with Crippen LogP contribution in [0, 0.1) is 5.92 Å². The Morgan fingerprint density at radius 3 is 2.80 bits per heavy atom. The fourth-order valence-corrected chi connectivity index (χ4v) is 2.40. The maximum absolute atomic E-state index is 11.5. The Hall–Kier alpha value is -1.05. The van der Waals surface area contributed by atoms with E-state index in [1.165, 1.54) is 16.7 Å². The van der Waals surface area contributed by atoms with Gasteiger partial charge in [-0.25, -0.2) is 0 Å². The fourth-order valence-electron chi connectivity index (χ4n) is 2.40. The van der Waals surface area contributed by atoms with Crippen molar-refractivity contribution in [3.8, 4) is 0 Å². The van der Waals surface area contributed by atoms with E-state index in [0.717, 1.165) is 19.5 Å². The van der Waals surface area contributed by atoms with Crippen LogP contribution in [0.1, 0.15) is 33.6 Å². The summed E-state index contributed by atoms with van der Waals surface area (Å²) >= 11 is 0. The highest BCUT2D eigenvalue weighted by Gasteiger charge is 2.28. The lowest BCUT2D eigenvalue weighted by Crippen LogP contribution is -2.38. The second-order valence-electron chi connectivity index (χ2n) is 4.68. The molecule has 0 saturated carbocycles. The SMILES string of the molecule is CCC(=O)N1CCC2=C(C=C2C(C)C)C1. The highest BCUT2D eigenvalue weighted by atomic mass is 16.2.